The van der Waals surface area contributed by atoms with E-state index in [0.29, 0.717) is 50.0 Å². The number of amides is 2. The van der Waals surface area contributed by atoms with E-state index < -0.39 is 22.8 Å². The summed E-state index contributed by atoms with van der Waals surface area (Å²) in [4.78, 5) is 41.8. The SMILES string of the molecule is C/C(=C1\SC(=O)NC1=O)c1ccc(OCCCn2c(-c3ccc(F)c(F)c3)nc3c(C)nn(C)c3c2=O)c(Cl)c1. The van der Waals surface area contributed by atoms with Gasteiger partial charge in [0.25, 0.3) is 16.7 Å². The van der Waals surface area contributed by atoms with E-state index in [1.54, 1.807) is 39.1 Å². The van der Waals surface area contributed by atoms with Gasteiger partial charge >= 0.3 is 0 Å². The maximum Gasteiger partial charge on any atom is 0.290 e. The molecule has 3 heterocycles. The van der Waals surface area contributed by atoms with Crippen molar-refractivity contribution in [3.05, 3.63) is 79.6 Å². The molecule has 5 rings (SSSR count). The zero-order valence-corrected chi connectivity index (χ0v) is 23.1. The second kappa shape index (κ2) is 10.9. The number of nitrogens with zero attached hydrogens (tertiary/aromatic N) is 4. The molecule has 40 heavy (non-hydrogen) atoms. The number of allylic oxidation sites excluding steroid dienone is 1. The van der Waals surface area contributed by atoms with E-state index in [1.165, 1.54) is 15.3 Å². The van der Waals surface area contributed by atoms with Crippen LogP contribution in [0.25, 0.3) is 28.0 Å². The van der Waals surface area contributed by atoms with Crippen molar-refractivity contribution in [2.45, 2.75) is 26.8 Å². The maximum atomic E-state index is 14.1. The summed E-state index contributed by atoms with van der Waals surface area (Å²) in [5.41, 5.74) is 2.37. The van der Waals surface area contributed by atoms with E-state index in [2.05, 4.69) is 15.4 Å². The van der Waals surface area contributed by atoms with Crippen molar-refractivity contribution in [1.29, 1.82) is 0 Å². The molecule has 206 valence electrons. The van der Waals surface area contributed by atoms with Crippen LogP contribution in [0.1, 0.15) is 24.6 Å². The topological polar surface area (TPSA) is 108 Å². The average Bonchev–Trinajstić information content (AvgIpc) is 3.40. The minimum Gasteiger partial charge on any atom is -0.492 e. The Morgan fingerprint density at radius 1 is 1.12 bits per heavy atom. The van der Waals surface area contributed by atoms with E-state index in [-0.39, 0.29) is 30.1 Å². The highest BCUT2D eigenvalue weighted by molar-refractivity contribution is 8.18. The van der Waals surface area contributed by atoms with Gasteiger partial charge in [0.2, 0.25) is 0 Å². The molecule has 0 saturated carbocycles. The van der Waals surface area contributed by atoms with Crippen LogP contribution in [-0.2, 0) is 18.4 Å². The first-order valence-electron chi connectivity index (χ1n) is 12.1. The lowest BCUT2D eigenvalue weighted by molar-refractivity contribution is -0.115. The molecule has 0 spiro atoms. The number of hydrogen-bond acceptors (Lipinski definition) is 7. The largest absolute Gasteiger partial charge is 0.492 e. The van der Waals surface area contributed by atoms with E-state index in [1.807, 2.05) is 0 Å². The number of fused-ring (bicyclic) bond motifs is 1. The molecule has 13 heteroatoms. The third-order valence-electron chi connectivity index (χ3n) is 6.40. The first-order valence-corrected chi connectivity index (χ1v) is 13.3. The summed E-state index contributed by atoms with van der Waals surface area (Å²) < 4.78 is 36.3. The molecule has 2 aromatic heterocycles. The fourth-order valence-corrected chi connectivity index (χ4v) is 5.40. The minimum absolute atomic E-state index is 0.168. The quantitative estimate of drug-likeness (QED) is 0.234. The molecule has 9 nitrogen and oxygen atoms in total. The Balaban J connectivity index is 1.37. The highest BCUT2D eigenvalue weighted by Gasteiger charge is 2.27. The molecule has 0 radical (unpaired) electrons. The monoisotopic (exact) mass is 585 g/mol. The van der Waals surface area contributed by atoms with Crippen LogP contribution in [0, 0.1) is 18.6 Å². The van der Waals surface area contributed by atoms with Crippen LogP contribution in [0.5, 0.6) is 5.75 Å². The maximum absolute atomic E-state index is 14.1. The van der Waals surface area contributed by atoms with Gasteiger partial charge < -0.3 is 4.74 Å². The van der Waals surface area contributed by atoms with Gasteiger partial charge in [0.05, 0.1) is 22.2 Å². The van der Waals surface area contributed by atoms with Crippen molar-refractivity contribution in [1.82, 2.24) is 24.6 Å². The van der Waals surface area contributed by atoms with Gasteiger partial charge in [0, 0.05) is 19.2 Å². The summed E-state index contributed by atoms with van der Waals surface area (Å²) in [6.07, 6.45) is 0.362. The lowest BCUT2D eigenvalue weighted by atomic mass is 10.1. The lowest BCUT2D eigenvalue weighted by Gasteiger charge is -2.14. The normalized spacial score (nSPS) is 14.7. The zero-order chi connectivity index (χ0) is 28.7. The van der Waals surface area contributed by atoms with Gasteiger partial charge in [-0.3, -0.25) is 28.9 Å². The standard InChI is InChI=1S/C27H22ClF2N5O4S/c1-13(23-25(36)32-27(38)40-23)15-6-8-20(17(28)11-15)39-10-4-9-35-24(16-5-7-18(29)19(30)12-16)31-21-14(2)33-34(3)22(21)26(35)37/h5-8,11-12H,4,9-10H2,1-3H3,(H,32,36,38)/b23-13+. The second-order valence-electron chi connectivity index (χ2n) is 9.07. The van der Waals surface area contributed by atoms with E-state index in [0.717, 1.165) is 23.9 Å². The Kier molecular flexibility index (Phi) is 7.47. The van der Waals surface area contributed by atoms with Crippen LogP contribution < -0.4 is 15.6 Å². The molecule has 1 saturated heterocycles. The van der Waals surface area contributed by atoms with E-state index in [9.17, 15) is 23.2 Å². The fourth-order valence-electron chi connectivity index (χ4n) is 4.42. The zero-order valence-electron chi connectivity index (χ0n) is 21.5. The number of carbonyl (C=O) groups is 2. The fraction of sp³-hybridized carbons (Fsp3) is 0.222. The molecule has 1 aliphatic rings. The molecule has 2 amide bonds. The molecule has 0 unspecified atom stereocenters. The van der Waals surface area contributed by atoms with Crippen molar-refractivity contribution in [3.8, 4) is 17.1 Å². The van der Waals surface area contributed by atoms with Crippen LogP contribution in [0.15, 0.2) is 46.1 Å². The Hall–Kier alpha value is -4.03. The number of ether oxygens (including phenoxy) is 1. The van der Waals surface area contributed by atoms with Crippen LogP contribution in [0.2, 0.25) is 5.02 Å². The number of aryl methyl sites for hydroxylation is 2. The van der Waals surface area contributed by atoms with Crippen LogP contribution >= 0.6 is 23.4 Å². The van der Waals surface area contributed by atoms with Gasteiger partial charge in [-0.05, 0) is 73.5 Å². The van der Waals surface area contributed by atoms with E-state index in [4.69, 9.17) is 16.3 Å². The van der Waals surface area contributed by atoms with Gasteiger partial charge in [-0.25, -0.2) is 13.8 Å². The van der Waals surface area contributed by atoms with Crippen molar-refractivity contribution >= 4 is 51.1 Å². The van der Waals surface area contributed by atoms with Crippen LogP contribution in [0.3, 0.4) is 0 Å². The number of halogens is 3. The minimum atomic E-state index is -1.05. The summed E-state index contributed by atoms with van der Waals surface area (Å²) >= 11 is 7.26. The molecular weight excluding hydrogens is 564 g/mol. The van der Waals surface area contributed by atoms with Gasteiger partial charge in [0.1, 0.15) is 17.1 Å². The highest BCUT2D eigenvalue weighted by Crippen LogP contribution is 2.34. The molecule has 0 aliphatic carbocycles. The Bertz CT molecular complexity index is 1800. The molecule has 1 aliphatic heterocycles. The van der Waals surface area contributed by atoms with Crippen LogP contribution in [0.4, 0.5) is 13.6 Å². The number of aromatic nitrogens is 4. The Morgan fingerprint density at radius 2 is 1.90 bits per heavy atom. The number of carbonyl (C=O) groups excluding carboxylic acids is 2. The number of nitrogens with one attached hydrogen (secondary N) is 1. The second-order valence-corrected chi connectivity index (χ2v) is 10.5. The molecule has 1 N–H and O–H groups in total. The molecular formula is C27H22ClF2N5O4S. The molecule has 2 aromatic carbocycles. The predicted octanol–water partition coefficient (Wildman–Crippen LogP) is 5.22. The highest BCUT2D eigenvalue weighted by atomic mass is 35.5. The van der Waals surface area contributed by atoms with Gasteiger partial charge in [0.15, 0.2) is 17.2 Å². The average molecular weight is 586 g/mol. The first kappa shape index (κ1) is 27.5. The van der Waals surface area contributed by atoms with Crippen molar-refractivity contribution in [2.75, 3.05) is 6.61 Å². The lowest BCUT2D eigenvalue weighted by Crippen LogP contribution is -2.25. The van der Waals surface area contributed by atoms with Gasteiger partial charge in [-0.2, -0.15) is 5.10 Å². The third kappa shape index (κ3) is 5.11. The van der Waals surface area contributed by atoms with Crippen molar-refractivity contribution < 1.29 is 23.1 Å². The van der Waals surface area contributed by atoms with Crippen molar-refractivity contribution in [2.24, 2.45) is 7.05 Å². The van der Waals surface area contributed by atoms with Crippen molar-refractivity contribution in [3.63, 3.8) is 0 Å². The first-order chi connectivity index (χ1) is 19.0. The third-order valence-corrected chi connectivity index (χ3v) is 7.67. The number of rotatable bonds is 7. The number of imide groups is 1. The molecule has 0 bridgehead atoms. The summed E-state index contributed by atoms with van der Waals surface area (Å²) in [5, 5.41) is 6.39. The Morgan fingerprint density at radius 3 is 2.58 bits per heavy atom. The number of hydrogen-bond donors (Lipinski definition) is 1. The Labute approximate surface area is 235 Å². The molecule has 1 fully saturated rings. The summed E-state index contributed by atoms with van der Waals surface area (Å²) in [5.74, 6) is -1.92. The number of benzene rings is 2. The number of thioether (sulfide) groups is 1. The van der Waals surface area contributed by atoms with E-state index >= 15 is 0 Å². The summed E-state index contributed by atoms with van der Waals surface area (Å²) in [6.45, 7) is 3.79. The molecule has 4 aromatic rings. The summed E-state index contributed by atoms with van der Waals surface area (Å²) in [6, 6.07) is 8.39. The predicted molar refractivity (Wildman–Crippen MR) is 148 cm³/mol. The van der Waals surface area contributed by atoms with Gasteiger partial charge in [-0.15, -0.1) is 0 Å². The molecule has 0 atom stereocenters. The smallest absolute Gasteiger partial charge is 0.290 e. The summed E-state index contributed by atoms with van der Waals surface area (Å²) in [7, 11) is 1.64. The van der Waals surface area contributed by atoms with Crippen LogP contribution in [-0.4, -0.2) is 37.1 Å². The van der Waals surface area contributed by atoms with Gasteiger partial charge in [-0.1, -0.05) is 17.7 Å².